The van der Waals surface area contributed by atoms with Crippen LogP contribution in [0.1, 0.15) is 31.1 Å². The molecule has 0 spiro atoms. The van der Waals surface area contributed by atoms with Gasteiger partial charge in [0, 0.05) is 23.9 Å². The molecule has 0 bridgehead atoms. The van der Waals surface area contributed by atoms with Crippen molar-refractivity contribution in [1.82, 2.24) is 5.32 Å². The number of anilines is 1. The Balaban J connectivity index is 2.19. The first kappa shape index (κ1) is 22.1. The van der Waals surface area contributed by atoms with Gasteiger partial charge < -0.3 is 24.8 Å². The van der Waals surface area contributed by atoms with Crippen molar-refractivity contribution < 1.29 is 23.8 Å². The first-order valence-corrected chi connectivity index (χ1v) is 9.46. The molecule has 2 amide bonds. The molecule has 0 radical (unpaired) electrons. The van der Waals surface area contributed by atoms with Crippen LogP contribution in [0.15, 0.2) is 42.5 Å². The van der Waals surface area contributed by atoms with E-state index < -0.39 is 6.04 Å². The molecule has 29 heavy (non-hydrogen) atoms. The van der Waals surface area contributed by atoms with Crippen molar-refractivity contribution in [2.75, 3.05) is 26.1 Å². The van der Waals surface area contributed by atoms with E-state index in [2.05, 4.69) is 10.6 Å². The number of methoxy groups -OCH3 is 2. The van der Waals surface area contributed by atoms with Gasteiger partial charge in [0.05, 0.1) is 26.4 Å². The van der Waals surface area contributed by atoms with E-state index in [0.717, 1.165) is 0 Å². The minimum absolute atomic E-state index is 0.134. The molecule has 2 aromatic carbocycles. The number of hydrogen-bond donors (Lipinski definition) is 2. The molecule has 7 heteroatoms. The number of benzene rings is 2. The smallest absolute Gasteiger partial charge is 0.255 e. The van der Waals surface area contributed by atoms with E-state index >= 15 is 0 Å². The molecule has 0 saturated heterocycles. The molecule has 0 aliphatic carbocycles. The summed E-state index contributed by atoms with van der Waals surface area (Å²) in [6.07, 6.45) is 0. The zero-order chi connectivity index (χ0) is 21.4. The number of ether oxygens (including phenoxy) is 3. The van der Waals surface area contributed by atoms with Crippen LogP contribution in [0, 0.1) is 5.92 Å². The van der Waals surface area contributed by atoms with Gasteiger partial charge in [-0.2, -0.15) is 0 Å². The predicted molar refractivity (Wildman–Crippen MR) is 112 cm³/mol. The molecule has 0 unspecified atom stereocenters. The van der Waals surface area contributed by atoms with E-state index in [4.69, 9.17) is 14.2 Å². The summed E-state index contributed by atoms with van der Waals surface area (Å²) in [7, 11) is 3.07. The predicted octanol–water partition coefficient (Wildman–Crippen LogP) is 3.50. The van der Waals surface area contributed by atoms with Crippen LogP contribution in [-0.2, 0) is 4.79 Å². The first-order valence-electron chi connectivity index (χ1n) is 9.46. The van der Waals surface area contributed by atoms with Crippen molar-refractivity contribution in [3.63, 3.8) is 0 Å². The monoisotopic (exact) mass is 400 g/mol. The van der Waals surface area contributed by atoms with Gasteiger partial charge in [0.15, 0.2) is 0 Å². The Bertz CT molecular complexity index is 829. The zero-order valence-electron chi connectivity index (χ0n) is 17.4. The van der Waals surface area contributed by atoms with Crippen molar-refractivity contribution in [3.05, 3.63) is 48.0 Å². The van der Waals surface area contributed by atoms with Crippen molar-refractivity contribution in [2.24, 2.45) is 5.92 Å². The Hall–Kier alpha value is -3.22. The summed E-state index contributed by atoms with van der Waals surface area (Å²) in [5.41, 5.74) is 0.900. The molecule has 2 N–H and O–H groups in total. The number of hydrogen-bond acceptors (Lipinski definition) is 5. The average Bonchev–Trinajstić information content (AvgIpc) is 2.71. The molecule has 0 fully saturated rings. The van der Waals surface area contributed by atoms with Gasteiger partial charge in [0.25, 0.3) is 5.91 Å². The van der Waals surface area contributed by atoms with Crippen molar-refractivity contribution in [1.29, 1.82) is 0 Å². The van der Waals surface area contributed by atoms with E-state index in [1.807, 2.05) is 20.8 Å². The topological polar surface area (TPSA) is 85.9 Å². The molecule has 0 saturated carbocycles. The second-order valence-corrected chi connectivity index (χ2v) is 6.71. The Morgan fingerprint density at radius 2 is 1.62 bits per heavy atom. The van der Waals surface area contributed by atoms with Gasteiger partial charge >= 0.3 is 0 Å². The van der Waals surface area contributed by atoms with E-state index in [1.54, 1.807) is 42.5 Å². The summed E-state index contributed by atoms with van der Waals surface area (Å²) >= 11 is 0. The molecule has 2 rings (SSSR count). The van der Waals surface area contributed by atoms with E-state index in [1.165, 1.54) is 14.2 Å². The second-order valence-electron chi connectivity index (χ2n) is 6.71. The largest absolute Gasteiger partial charge is 0.497 e. The standard InChI is InChI=1S/C22H28N2O5/c1-6-29-19-10-8-7-9-18(19)21(25)24-20(14(2)3)22(26)23-15-11-16(27-4)13-17(12-15)28-5/h7-14,20H,6H2,1-5H3,(H,23,26)(H,24,25)/t20-/m0/s1. The normalized spacial score (nSPS) is 11.5. The van der Waals surface area contributed by atoms with Crippen LogP contribution in [0.25, 0.3) is 0 Å². The minimum Gasteiger partial charge on any atom is -0.497 e. The molecule has 2 aromatic rings. The maximum Gasteiger partial charge on any atom is 0.255 e. The fourth-order valence-corrected chi connectivity index (χ4v) is 2.79. The Morgan fingerprint density at radius 1 is 1.00 bits per heavy atom. The van der Waals surface area contributed by atoms with Crippen molar-refractivity contribution >= 4 is 17.5 Å². The molecular weight excluding hydrogens is 372 g/mol. The van der Waals surface area contributed by atoms with Crippen LogP contribution >= 0.6 is 0 Å². The molecule has 0 aromatic heterocycles. The van der Waals surface area contributed by atoms with E-state index in [0.29, 0.717) is 35.1 Å². The first-order chi connectivity index (χ1) is 13.9. The van der Waals surface area contributed by atoms with Crippen LogP contribution in [0.4, 0.5) is 5.69 Å². The van der Waals surface area contributed by atoms with Crippen LogP contribution in [0.5, 0.6) is 17.2 Å². The van der Waals surface area contributed by atoms with E-state index in [-0.39, 0.29) is 17.7 Å². The molecule has 0 heterocycles. The van der Waals surface area contributed by atoms with Gasteiger partial charge in [-0.1, -0.05) is 26.0 Å². The highest BCUT2D eigenvalue weighted by atomic mass is 16.5. The van der Waals surface area contributed by atoms with E-state index in [9.17, 15) is 9.59 Å². The maximum atomic E-state index is 12.9. The summed E-state index contributed by atoms with van der Waals surface area (Å²) < 4.78 is 16.0. The fraction of sp³-hybridized carbons (Fsp3) is 0.364. The third-order valence-corrected chi connectivity index (χ3v) is 4.29. The number of amides is 2. The summed E-state index contributed by atoms with van der Waals surface area (Å²) in [6, 6.07) is 11.3. The van der Waals surface area contributed by atoms with Gasteiger partial charge in [0.2, 0.25) is 5.91 Å². The third-order valence-electron chi connectivity index (χ3n) is 4.29. The van der Waals surface area contributed by atoms with Crippen LogP contribution in [0.3, 0.4) is 0 Å². The molecule has 7 nitrogen and oxygen atoms in total. The highest BCUT2D eigenvalue weighted by molar-refractivity contribution is 6.02. The maximum absolute atomic E-state index is 12.9. The van der Waals surface area contributed by atoms with Gasteiger partial charge in [-0.15, -0.1) is 0 Å². The van der Waals surface area contributed by atoms with Crippen molar-refractivity contribution in [2.45, 2.75) is 26.8 Å². The van der Waals surface area contributed by atoms with Crippen LogP contribution < -0.4 is 24.8 Å². The quantitative estimate of drug-likeness (QED) is 0.673. The number of nitrogens with one attached hydrogen (secondary N) is 2. The zero-order valence-corrected chi connectivity index (χ0v) is 17.4. The number of carbonyl (C=O) groups is 2. The molecule has 1 atom stereocenters. The van der Waals surface area contributed by atoms with Crippen molar-refractivity contribution in [3.8, 4) is 17.2 Å². The Kier molecular flexibility index (Phi) is 7.88. The van der Waals surface area contributed by atoms with Gasteiger partial charge in [-0.3, -0.25) is 9.59 Å². The molecule has 156 valence electrons. The summed E-state index contributed by atoms with van der Waals surface area (Å²) in [6.45, 7) is 6.02. The number of para-hydroxylation sites is 1. The lowest BCUT2D eigenvalue weighted by molar-refractivity contribution is -0.118. The lowest BCUT2D eigenvalue weighted by atomic mass is 10.0. The molecular formula is C22H28N2O5. The van der Waals surface area contributed by atoms with Gasteiger partial charge in [0.1, 0.15) is 23.3 Å². The van der Waals surface area contributed by atoms with Gasteiger partial charge in [-0.25, -0.2) is 0 Å². The highest BCUT2D eigenvalue weighted by Crippen LogP contribution is 2.26. The van der Waals surface area contributed by atoms with Crippen LogP contribution in [0.2, 0.25) is 0 Å². The van der Waals surface area contributed by atoms with Gasteiger partial charge in [-0.05, 0) is 25.0 Å². The summed E-state index contributed by atoms with van der Waals surface area (Å²) in [5.74, 6) is 0.744. The minimum atomic E-state index is -0.741. The SMILES string of the molecule is CCOc1ccccc1C(=O)N[C@H](C(=O)Nc1cc(OC)cc(OC)c1)C(C)C. The summed E-state index contributed by atoms with van der Waals surface area (Å²) in [5, 5.41) is 5.64. The summed E-state index contributed by atoms with van der Waals surface area (Å²) in [4.78, 5) is 25.7. The molecule has 0 aliphatic heterocycles. The van der Waals surface area contributed by atoms with Crippen LogP contribution in [-0.4, -0.2) is 38.7 Å². The lowest BCUT2D eigenvalue weighted by Crippen LogP contribution is -2.47. The fourth-order valence-electron chi connectivity index (χ4n) is 2.79. The molecule has 0 aliphatic rings. The third kappa shape index (κ3) is 5.88. The second kappa shape index (κ2) is 10.4. The lowest BCUT2D eigenvalue weighted by Gasteiger charge is -2.22. The number of rotatable bonds is 9. The Morgan fingerprint density at radius 3 is 2.17 bits per heavy atom. The Labute approximate surface area is 171 Å². The highest BCUT2D eigenvalue weighted by Gasteiger charge is 2.26. The number of carbonyl (C=O) groups excluding carboxylic acids is 2. The average molecular weight is 400 g/mol.